The van der Waals surface area contributed by atoms with Gasteiger partial charge in [-0.15, -0.1) is 0 Å². The molecule has 0 spiro atoms. The summed E-state index contributed by atoms with van der Waals surface area (Å²) in [4.78, 5) is 23.6. The van der Waals surface area contributed by atoms with Gasteiger partial charge in [-0.1, -0.05) is 24.3 Å². The Morgan fingerprint density at radius 2 is 1.64 bits per heavy atom. The highest BCUT2D eigenvalue weighted by Gasteiger charge is 2.27. The zero-order valence-electron chi connectivity index (χ0n) is 12.9. The minimum Gasteiger partial charge on any atom is -0.347 e. The Balaban J connectivity index is 1.93. The molecule has 2 aromatic carbocycles. The second kappa shape index (κ2) is 8.15. The maximum Gasteiger partial charge on any atom is 0.405 e. The first kappa shape index (κ1) is 19.0. The van der Waals surface area contributed by atoms with E-state index in [1.807, 2.05) is 0 Å². The minimum atomic E-state index is -4.44. The smallest absolute Gasteiger partial charge is 0.347 e. The molecule has 0 saturated heterocycles. The summed E-state index contributed by atoms with van der Waals surface area (Å²) in [5.74, 6) is -1.02. The van der Waals surface area contributed by atoms with E-state index in [4.69, 9.17) is 0 Å². The van der Waals surface area contributed by atoms with E-state index >= 15 is 0 Å². The van der Waals surface area contributed by atoms with E-state index in [9.17, 15) is 22.8 Å². The van der Waals surface area contributed by atoms with Crippen LogP contribution < -0.4 is 10.6 Å². The lowest BCUT2D eigenvalue weighted by Crippen LogP contribution is -2.34. The molecular formula is C17H14BrF3N2O2. The van der Waals surface area contributed by atoms with Crippen molar-refractivity contribution < 1.29 is 22.8 Å². The molecule has 0 heterocycles. The van der Waals surface area contributed by atoms with Gasteiger partial charge in [-0.25, -0.2) is 0 Å². The van der Waals surface area contributed by atoms with Crippen LogP contribution in [-0.2, 0) is 11.2 Å². The molecule has 0 aliphatic heterocycles. The molecule has 0 aliphatic carbocycles. The van der Waals surface area contributed by atoms with Gasteiger partial charge in [0.25, 0.3) is 5.91 Å². The molecule has 0 aromatic heterocycles. The maximum atomic E-state index is 12.2. The predicted molar refractivity (Wildman–Crippen MR) is 91.3 cm³/mol. The summed E-state index contributed by atoms with van der Waals surface area (Å²) in [6.07, 6.45) is -4.61. The number of carbonyl (C=O) groups excluding carboxylic acids is 2. The Hall–Kier alpha value is -2.35. The second-order valence-corrected chi connectivity index (χ2v) is 6.05. The van der Waals surface area contributed by atoms with E-state index in [0.29, 0.717) is 21.3 Å². The molecule has 0 bridgehead atoms. The van der Waals surface area contributed by atoms with Crippen LogP contribution in [0.5, 0.6) is 0 Å². The molecular weight excluding hydrogens is 401 g/mol. The van der Waals surface area contributed by atoms with Crippen LogP contribution in [0.25, 0.3) is 0 Å². The lowest BCUT2D eigenvalue weighted by atomic mass is 10.1. The van der Waals surface area contributed by atoms with Crippen molar-refractivity contribution in [3.05, 3.63) is 64.1 Å². The van der Waals surface area contributed by atoms with E-state index in [1.54, 1.807) is 53.8 Å². The molecule has 0 aliphatic rings. The highest BCUT2D eigenvalue weighted by Crippen LogP contribution is 2.18. The quantitative estimate of drug-likeness (QED) is 0.778. The number of rotatable bonds is 5. The third-order valence-corrected chi connectivity index (χ3v) is 3.87. The van der Waals surface area contributed by atoms with Gasteiger partial charge < -0.3 is 10.6 Å². The van der Waals surface area contributed by atoms with Gasteiger partial charge in [-0.05, 0) is 45.8 Å². The first-order valence-electron chi connectivity index (χ1n) is 7.23. The zero-order valence-corrected chi connectivity index (χ0v) is 14.4. The summed E-state index contributed by atoms with van der Waals surface area (Å²) in [7, 11) is 0. The number of nitrogens with one attached hydrogen (secondary N) is 2. The Morgan fingerprint density at radius 3 is 2.24 bits per heavy atom. The summed E-state index contributed by atoms with van der Waals surface area (Å²) in [6.45, 7) is -1.36. The fourth-order valence-corrected chi connectivity index (χ4v) is 2.46. The molecule has 4 nitrogen and oxygen atoms in total. The van der Waals surface area contributed by atoms with E-state index in [0.717, 1.165) is 0 Å². The third kappa shape index (κ3) is 6.22. The highest BCUT2D eigenvalue weighted by atomic mass is 79.9. The van der Waals surface area contributed by atoms with Gasteiger partial charge in [0.2, 0.25) is 5.91 Å². The summed E-state index contributed by atoms with van der Waals surface area (Å²) in [5.41, 5.74) is 1.52. The predicted octanol–water partition coefficient (Wildman–Crippen LogP) is 3.92. The van der Waals surface area contributed by atoms with Crippen molar-refractivity contribution in [1.82, 2.24) is 5.32 Å². The fourth-order valence-electron chi connectivity index (χ4n) is 2.00. The Morgan fingerprint density at radius 1 is 1.00 bits per heavy atom. The standard InChI is InChI=1S/C17H14BrF3N2O2/c18-14-4-2-1-3-13(14)16(25)23-12-7-5-11(6-8-12)9-15(24)22-10-17(19,20)21/h1-8H,9-10H2,(H,22,24)(H,23,25). The molecule has 0 saturated carbocycles. The maximum absolute atomic E-state index is 12.2. The van der Waals surface area contributed by atoms with Gasteiger partial charge in [0.1, 0.15) is 6.54 Å². The van der Waals surface area contributed by atoms with Crippen molar-refractivity contribution in [3.63, 3.8) is 0 Å². The SMILES string of the molecule is O=C(Cc1ccc(NC(=O)c2ccccc2Br)cc1)NCC(F)(F)F. The van der Waals surface area contributed by atoms with Crippen molar-refractivity contribution >= 4 is 33.4 Å². The number of hydrogen-bond acceptors (Lipinski definition) is 2. The summed E-state index contributed by atoms with van der Waals surface area (Å²) >= 11 is 3.29. The van der Waals surface area contributed by atoms with Crippen molar-refractivity contribution in [2.45, 2.75) is 12.6 Å². The van der Waals surface area contributed by atoms with Crippen molar-refractivity contribution in [3.8, 4) is 0 Å². The van der Waals surface area contributed by atoms with Gasteiger partial charge in [0.05, 0.1) is 12.0 Å². The number of hydrogen-bond donors (Lipinski definition) is 2. The average molecular weight is 415 g/mol. The lowest BCUT2D eigenvalue weighted by molar-refractivity contribution is -0.138. The zero-order chi connectivity index (χ0) is 18.4. The Bertz CT molecular complexity index is 761. The number of amides is 2. The monoisotopic (exact) mass is 414 g/mol. The molecule has 0 radical (unpaired) electrons. The molecule has 2 amide bonds. The van der Waals surface area contributed by atoms with E-state index < -0.39 is 18.6 Å². The van der Waals surface area contributed by atoms with E-state index in [-0.39, 0.29) is 12.3 Å². The van der Waals surface area contributed by atoms with Crippen LogP contribution in [0.1, 0.15) is 15.9 Å². The summed E-state index contributed by atoms with van der Waals surface area (Å²) in [6, 6.07) is 13.3. The van der Waals surface area contributed by atoms with Crippen LogP contribution in [0.15, 0.2) is 53.0 Å². The molecule has 0 atom stereocenters. The first-order chi connectivity index (χ1) is 11.7. The summed E-state index contributed by atoms with van der Waals surface area (Å²) < 4.78 is 36.8. The molecule has 25 heavy (non-hydrogen) atoms. The fraction of sp³-hybridized carbons (Fsp3) is 0.176. The summed E-state index contributed by atoms with van der Waals surface area (Å²) in [5, 5.41) is 4.51. The molecule has 0 unspecified atom stereocenters. The van der Waals surface area contributed by atoms with Crippen LogP contribution >= 0.6 is 15.9 Å². The molecule has 0 fully saturated rings. The molecule has 2 aromatic rings. The molecule has 2 rings (SSSR count). The largest absolute Gasteiger partial charge is 0.405 e. The Kier molecular flexibility index (Phi) is 6.19. The second-order valence-electron chi connectivity index (χ2n) is 5.20. The van der Waals surface area contributed by atoms with E-state index in [1.165, 1.54) is 0 Å². The number of alkyl halides is 3. The van der Waals surface area contributed by atoms with Crippen molar-refractivity contribution in [2.24, 2.45) is 0 Å². The molecule has 2 N–H and O–H groups in total. The topological polar surface area (TPSA) is 58.2 Å². The minimum absolute atomic E-state index is 0.172. The number of halogens is 4. The van der Waals surface area contributed by atoms with Crippen LogP contribution in [0.2, 0.25) is 0 Å². The normalized spacial score (nSPS) is 11.0. The highest BCUT2D eigenvalue weighted by molar-refractivity contribution is 9.10. The first-order valence-corrected chi connectivity index (χ1v) is 8.02. The van der Waals surface area contributed by atoms with Crippen LogP contribution in [0.3, 0.4) is 0 Å². The number of benzene rings is 2. The van der Waals surface area contributed by atoms with Crippen LogP contribution in [-0.4, -0.2) is 24.5 Å². The molecule has 132 valence electrons. The van der Waals surface area contributed by atoms with Crippen LogP contribution in [0.4, 0.5) is 18.9 Å². The van der Waals surface area contributed by atoms with Gasteiger partial charge >= 0.3 is 6.18 Å². The third-order valence-electron chi connectivity index (χ3n) is 3.18. The van der Waals surface area contributed by atoms with Crippen LogP contribution in [0, 0.1) is 0 Å². The number of carbonyl (C=O) groups is 2. The van der Waals surface area contributed by atoms with Crippen molar-refractivity contribution in [2.75, 3.05) is 11.9 Å². The van der Waals surface area contributed by atoms with Gasteiger partial charge in [0, 0.05) is 10.2 Å². The van der Waals surface area contributed by atoms with Gasteiger partial charge in [-0.2, -0.15) is 13.2 Å². The Labute approximate surface area is 150 Å². The van der Waals surface area contributed by atoms with E-state index in [2.05, 4.69) is 21.2 Å². The van der Waals surface area contributed by atoms with Gasteiger partial charge in [-0.3, -0.25) is 9.59 Å². The average Bonchev–Trinajstić information content (AvgIpc) is 2.54. The van der Waals surface area contributed by atoms with Crippen molar-refractivity contribution in [1.29, 1.82) is 0 Å². The van der Waals surface area contributed by atoms with Gasteiger partial charge in [0.15, 0.2) is 0 Å². The number of anilines is 1. The molecule has 8 heteroatoms. The lowest BCUT2D eigenvalue weighted by Gasteiger charge is -2.09.